The van der Waals surface area contributed by atoms with Gasteiger partial charge in [0.25, 0.3) is 0 Å². The lowest BCUT2D eigenvalue weighted by molar-refractivity contribution is 0.174. The van der Waals surface area contributed by atoms with Gasteiger partial charge in [-0.25, -0.2) is 0 Å². The number of nitrogens with zero attached hydrogens (tertiary/aromatic N) is 1. The molecule has 4 rings (SSSR count). The van der Waals surface area contributed by atoms with Gasteiger partial charge in [0.1, 0.15) is 11.5 Å². The van der Waals surface area contributed by atoms with Crippen LogP contribution in [0.25, 0.3) is 11.3 Å². The van der Waals surface area contributed by atoms with Gasteiger partial charge in [0.2, 0.25) is 6.79 Å². The van der Waals surface area contributed by atoms with E-state index in [-0.39, 0.29) is 6.79 Å². The Morgan fingerprint density at radius 1 is 0.917 bits per heavy atom. The zero-order valence-corrected chi connectivity index (χ0v) is 13.8. The summed E-state index contributed by atoms with van der Waals surface area (Å²) in [6.45, 7) is 0.242. The van der Waals surface area contributed by atoms with Crippen molar-refractivity contribution in [3.05, 3.63) is 64.3 Å². The fraction of sp³-hybridized carbons (Fsp3) is 0.0556. The van der Waals surface area contributed by atoms with Gasteiger partial charge in [0.05, 0.1) is 16.9 Å². The lowest BCUT2D eigenvalue weighted by Crippen LogP contribution is -1.92. The molecule has 1 aliphatic rings. The van der Waals surface area contributed by atoms with Gasteiger partial charge in [-0.15, -0.1) is 0 Å². The van der Waals surface area contributed by atoms with E-state index in [0.717, 1.165) is 17.0 Å². The molecule has 0 unspecified atom stereocenters. The van der Waals surface area contributed by atoms with Crippen molar-refractivity contribution in [3.8, 4) is 22.8 Å². The molecule has 0 amide bonds. The fourth-order valence-corrected chi connectivity index (χ4v) is 2.86. The molecule has 2 heterocycles. The number of halogens is 2. The molecule has 1 aromatic heterocycles. The summed E-state index contributed by atoms with van der Waals surface area (Å²) < 4.78 is 16.4. The van der Waals surface area contributed by atoms with Gasteiger partial charge in [-0.1, -0.05) is 23.2 Å². The lowest BCUT2D eigenvalue weighted by Gasteiger charge is -2.00. The van der Waals surface area contributed by atoms with Gasteiger partial charge in [-0.2, -0.15) is 0 Å². The second-order valence-electron chi connectivity index (χ2n) is 5.12. The molecule has 24 heavy (non-hydrogen) atoms. The summed E-state index contributed by atoms with van der Waals surface area (Å²) in [5.74, 6) is 2.70. The molecule has 0 bridgehead atoms. The molecule has 6 heteroatoms. The quantitative estimate of drug-likeness (QED) is 0.560. The number of aliphatic imine (C=N–C) groups is 1. The number of hydrogen-bond donors (Lipinski definition) is 0. The first-order chi connectivity index (χ1) is 11.7. The predicted molar refractivity (Wildman–Crippen MR) is 94.0 cm³/mol. The van der Waals surface area contributed by atoms with Crippen LogP contribution in [-0.4, -0.2) is 13.0 Å². The largest absolute Gasteiger partial charge is 0.455 e. The molecule has 0 saturated heterocycles. The van der Waals surface area contributed by atoms with Crippen molar-refractivity contribution < 1.29 is 13.9 Å². The highest BCUT2D eigenvalue weighted by Crippen LogP contribution is 2.35. The third kappa shape index (κ3) is 2.98. The molecule has 0 spiro atoms. The van der Waals surface area contributed by atoms with E-state index >= 15 is 0 Å². The number of fused-ring (bicyclic) bond motifs is 1. The number of benzene rings is 2. The zero-order chi connectivity index (χ0) is 16.5. The normalized spacial score (nSPS) is 12.9. The summed E-state index contributed by atoms with van der Waals surface area (Å²) in [4.78, 5) is 4.39. The van der Waals surface area contributed by atoms with Crippen LogP contribution < -0.4 is 9.47 Å². The number of ether oxygens (including phenoxy) is 2. The van der Waals surface area contributed by atoms with E-state index < -0.39 is 0 Å². The van der Waals surface area contributed by atoms with E-state index in [1.165, 1.54) is 0 Å². The lowest BCUT2D eigenvalue weighted by atomic mass is 10.2. The van der Waals surface area contributed by atoms with E-state index in [1.807, 2.05) is 36.4 Å². The third-order valence-electron chi connectivity index (χ3n) is 3.52. The highest BCUT2D eigenvalue weighted by molar-refractivity contribution is 6.36. The van der Waals surface area contributed by atoms with Crippen LogP contribution in [-0.2, 0) is 0 Å². The zero-order valence-electron chi connectivity index (χ0n) is 12.3. The molecule has 4 nitrogen and oxygen atoms in total. The van der Waals surface area contributed by atoms with E-state index in [2.05, 4.69) is 4.99 Å². The van der Waals surface area contributed by atoms with Gasteiger partial charge in [-0.05, 0) is 42.5 Å². The van der Waals surface area contributed by atoms with Crippen LogP contribution >= 0.6 is 23.2 Å². The van der Waals surface area contributed by atoms with Gasteiger partial charge in [0.15, 0.2) is 11.5 Å². The smallest absolute Gasteiger partial charge is 0.231 e. The average Bonchev–Trinajstić information content (AvgIpc) is 3.21. The molecular formula is C18H11Cl2NO3. The third-order valence-corrected chi connectivity index (χ3v) is 4.07. The summed E-state index contributed by atoms with van der Waals surface area (Å²) in [6, 6.07) is 14.4. The van der Waals surface area contributed by atoms with Crippen LogP contribution in [0.5, 0.6) is 11.5 Å². The molecule has 0 atom stereocenters. The maximum Gasteiger partial charge on any atom is 0.231 e. The first-order valence-corrected chi connectivity index (χ1v) is 7.93. The maximum absolute atomic E-state index is 6.20. The van der Waals surface area contributed by atoms with E-state index in [0.29, 0.717) is 27.3 Å². The van der Waals surface area contributed by atoms with Crippen molar-refractivity contribution in [2.45, 2.75) is 0 Å². The molecule has 1 aliphatic heterocycles. The van der Waals surface area contributed by atoms with E-state index in [9.17, 15) is 0 Å². The molecule has 0 aliphatic carbocycles. The Morgan fingerprint density at radius 3 is 2.67 bits per heavy atom. The van der Waals surface area contributed by atoms with Crippen LogP contribution in [0, 0.1) is 0 Å². The Labute approximate surface area is 148 Å². The first-order valence-electron chi connectivity index (χ1n) is 7.18. The highest BCUT2D eigenvalue weighted by atomic mass is 35.5. The van der Waals surface area contributed by atoms with Crippen LogP contribution in [0.1, 0.15) is 5.76 Å². The summed E-state index contributed by atoms with van der Waals surface area (Å²) in [5.41, 5.74) is 1.53. The molecule has 2 aromatic carbocycles. The fourth-order valence-electron chi connectivity index (χ4n) is 2.36. The minimum absolute atomic E-state index is 0.242. The first kappa shape index (κ1) is 15.1. The van der Waals surface area contributed by atoms with E-state index in [1.54, 1.807) is 18.3 Å². The molecule has 0 saturated carbocycles. The Balaban J connectivity index is 1.57. The topological polar surface area (TPSA) is 44.0 Å². The van der Waals surface area contributed by atoms with E-state index in [4.69, 9.17) is 37.1 Å². The Bertz CT molecular complexity index is 934. The monoisotopic (exact) mass is 359 g/mol. The van der Waals surface area contributed by atoms with Crippen LogP contribution in [0.15, 0.2) is 57.9 Å². The van der Waals surface area contributed by atoms with Crippen molar-refractivity contribution in [1.29, 1.82) is 0 Å². The Kier molecular flexibility index (Phi) is 3.92. The molecule has 0 radical (unpaired) electrons. The van der Waals surface area contributed by atoms with Gasteiger partial charge in [0, 0.05) is 16.7 Å². The molecule has 0 fully saturated rings. The standard InChI is InChI=1S/C18H11Cl2NO3/c19-11-1-4-14(15(20)7-11)16-6-3-13(24-16)9-21-12-2-5-17-18(8-12)23-10-22-17/h1-9H,10H2. The molecule has 0 N–H and O–H groups in total. The maximum atomic E-state index is 6.20. The predicted octanol–water partition coefficient (Wildman–Crippen LogP) is 5.73. The summed E-state index contributed by atoms with van der Waals surface area (Å²) in [7, 11) is 0. The average molecular weight is 360 g/mol. The molecular weight excluding hydrogens is 349 g/mol. The SMILES string of the molecule is Clc1ccc(-c2ccc(C=Nc3ccc4c(c3)OCO4)o2)c(Cl)c1. The van der Waals surface area contributed by atoms with Gasteiger partial charge < -0.3 is 13.9 Å². The number of hydrogen-bond acceptors (Lipinski definition) is 4. The van der Waals surface area contributed by atoms with Crippen molar-refractivity contribution in [2.24, 2.45) is 4.99 Å². The minimum Gasteiger partial charge on any atom is -0.455 e. The van der Waals surface area contributed by atoms with Crippen molar-refractivity contribution in [3.63, 3.8) is 0 Å². The Hall–Kier alpha value is -2.43. The summed E-state index contributed by atoms with van der Waals surface area (Å²) in [6.07, 6.45) is 1.64. The second-order valence-corrected chi connectivity index (χ2v) is 5.97. The van der Waals surface area contributed by atoms with Crippen LogP contribution in [0.3, 0.4) is 0 Å². The summed E-state index contributed by atoms with van der Waals surface area (Å²) in [5, 5.41) is 1.12. The number of rotatable bonds is 3. The summed E-state index contributed by atoms with van der Waals surface area (Å²) >= 11 is 12.1. The minimum atomic E-state index is 0.242. The molecule has 120 valence electrons. The van der Waals surface area contributed by atoms with Gasteiger partial charge in [-0.3, -0.25) is 4.99 Å². The van der Waals surface area contributed by atoms with Crippen LogP contribution in [0.2, 0.25) is 10.0 Å². The highest BCUT2D eigenvalue weighted by Gasteiger charge is 2.13. The van der Waals surface area contributed by atoms with Crippen molar-refractivity contribution >= 4 is 35.1 Å². The Morgan fingerprint density at radius 2 is 1.79 bits per heavy atom. The molecule has 3 aromatic rings. The van der Waals surface area contributed by atoms with Gasteiger partial charge >= 0.3 is 0 Å². The van der Waals surface area contributed by atoms with Crippen molar-refractivity contribution in [2.75, 3.05) is 6.79 Å². The number of furan rings is 1. The van der Waals surface area contributed by atoms with Crippen molar-refractivity contribution in [1.82, 2.24) is 0 Å². The second kappa shape index (κ2) is 6.23. The van der Waals surface area contributed by atoms with Crippen LogP contribution in [0.4, 0.5) is 5.69 Å².